The average molecular weight is 410 g/mol. The Morgan fingerprint density at radius 3 is 2.57 bits per heavy atom. The molecule has 3 N–H and O–H groups in total. The maximum Gasteiger partial charge on any atom is 0.229 e. The molecule has 1 saturated heterocycles. The number of H-pyrrole nitrogens is 1. The largest absolute Gasteiger partial charge is 0.323 e. The average Bonchev–Trinajstić information content (AvgIpc) is 3.12. The number of piperidine rings is 1. The highest BCUT2D eigenvalue weighted by molar-refractivity contribution is 5.61. The fourth-order valence-corrected chi connectivity index (χ4v) is 3.75. The Balaban J connectivity index is 1.54. The van der Waals surface area contributed by atoms with E-state index >= 15 is 0 Å². The Hall–Kier alpha value is -3.36. The van der Waals surface area contributed by atoms with E-state index in [0.29, 0.717) is 36.4 Å². The summed E-state index contributed by atoms with van der Waals surface area (Å²) in [4.78, 5) is 20.2. The first kappa shape index (κ1) is 19.9. The van der Waals surface area contributed by atoms with Crippen LogP contribution in [0.3, 0.4) is 0 Å². The summed E-state index contributed by atoms with van der Waals surface area (Å²) in [6.45, 7) is 6.75. The Labute approximate surface area is 173 Å². The Morgan fingerprint density at radius 1 is 1.10 bits per heavy atom. The van der Waals surface area contributed by atoms with E-state index in [-0.39, 0.29) is 11.7 Å². The zero-order valence-corrected chi connectivity index (χ0v) is 17.3. The maximum absolute atomic E-state index is 14.9. The number of anilines is 4. The lowest BCUT2D eigenvalue weighted by Crippen LogP contribution is -2.23. The zero-order chi connectivity index (χ0) is 21.3. The SMILES string of the molecule is Cc1cc(Nc2nc(Nc3cc(C)c(C4CC[N+](=O)CC4)cc3F)ncc2C)n[nH]1. The molecule has 3 aromatic rings. The Kier molecular flexibility index (Phi) is 5.43. The van der Waals surface area contributed by atoms with E-state index in [1.807, 2.05) is 26.8 Å². The zero-order valence-electron chi connectivity index (χ0n) is 17.3. The van der Waals surface area contributed by atoms with Gasteiger partial charge in [-0.15, -0.1) is 0 Å². The molecule has 0 aliphatic carbocycles. The summed E-state index contributed by atoms with van der Waals surface area (Å²) in [5.74, 6) is 1.39. The molecule has 0 amide bonds. The molecule has 1 aromatic carbocycles. The van der Waals surface area contributed by atoms with E-state index in [1.54, 1.807) is 18.3 Å². The van der Waals surface area contributed by atoms with Gasteiger partial charge in [0.25, 0.3) is 0 Å². The maximum atomic E-state index is 14.9. The number of hydrogen-bond acceptors (Lipinski definition) is 6. The molecule has 3 heterocycles. The number of aromatic nitrogens is 4. The molecule has 1 aliphatic rings. The second-order valence-electron chi connectivity index (χ2n) is 7.80. The van der Waals surface area contributed by atoms with Crippen LogP contribution in [-0.2, 0) is 0 Å². The number of hydrogen-bond donors (Lipinski definition) is 3. The normalized spacial score (nSPS) is 14.7. The van der Waals surface area contributed by atoms with Crippen molar-refractivity contribution in [2.45, 2.75) is 39.5 Å². The van der Waals surface area contributed by atoms with Gasteiger partial charge in [0, 0.05) is 41.3 Å². The number of nitrogens with one attached hydrogen (secondary N) is 3. The molecule has 30 heavy (non-hydrogen) atoms. The summed E-state index contributed by atoms with van der Waals surface area (Å²) < 4.78 is 15.9. The molecule has 0 unspecified atom stereocenters. The third-order valence-electron chi connectivity index (χ3n) is 5.42. The van der Waals surface area contributed by atoms with Crippen LogP contribution < -0.4 is 10.6 Å². The number of benzene rings is 1. The summed E-state index contributed by atoms with van der Waals surface area (Å²) in [5, 5.41) is 13.2. The molecule has 9 heteroatoms. The number of rotatable bonds is 5. The second-order valence-corrected chi connectivity index (χ2v) is 7.80. The highest BCUT2D eigenvalue weighted by Crippen LogP contribution is 2.33. The topological polar surface area (TPSA) is 98.6 Å². The van der Waals surface area contributed by atoms with Gasteiger partial charge in [0.15, 0.2) is 18.9 Å². The van der Waals surface area contributed by atoms with E-state index in [9.17, 15) is 9.30 Å². The number of nitroso groups, excluding NO2 is 1. The predicted octanol–water partition coefficient (Wildman–Crippen LogP) is 4.41. The molecular formula is C21H25FN7O+. The highest BCUT2D eigenvalue weighted by atomic mass is 19.1. The smallest absolute Gasteiger partial charge is 0.229 e. The van der Waals surface area contributed by atoms with Crippen molar-refractivity contribution >= 4 is 23.3 Å². The molecule has 4 rings (SSSR count). The van der Waals surface area contributed by atoms with Gasteiger partial charge in [0.1, 0.15) is 11.6 Å². The van der Waals surface area contributed by atoms with Crippen LogP contribution in [0.2, 0.25) is 0 Å². The molecule has 0 atom stereocenters. The van der Waals surface area contributed by atoms with Crippen molar-refractivity contribution in [3.8, 4) is 0 Å². The van der Waals surface area contributed by atoms with Gasteiger partial charge in [-0.1, -0.05) is 0 Å². The van der Waals surface area contributed by atoms with Crippen LogP contribution in [0.4, 0.5) is 27.7 Å². The molecule has 1 aliphatic heterocycles. The number of nitrogens with zero attached hydrogens (tertiary/aromatic N) is 4. The monoisotopic (exact) mass is 410 g/mol. The minimum absolute atomic E-state index is 0.211. The first-order valence-corrected chi connectivity index (χ1v) is 10.0. The second kappa shape index (κ2) is 8.17. The van der Waals surface area contributed by atoms with Crippen molar-refractivity contribution in [1.82, 2.24) is 20.2 Å². The summed E-state index contributed by atoms with van der Waals surface area (Å²) in [6.07, 6.45) is 3.17. The number of aromatic amines is 1. The van der Waals surface area contributed by atoms with Gasteiger partial charge in [-0.05, 0) is 54.7 Å². The number of halogens is 1. The van der Waals surface area contributed by atoms with Gasteiger partial charge in [-0.25, -0.2) is 9.37 Å². The summed E-state index contributed by atoms with van der Waals surface area (Å²) >= 11 is 0. The highest BCUT2D eigenvalue weighted by Gasteiger charge is 2.26. The minimum atomic E-state index is -0.359. The van der Waals surface area contributed by atoms with Crippen LogP contribution in [0.1, 0.15) is 41.1 Å². The van der Waals surface area contributed by atoms with Crippen molar-refractivity contribution in [1.29, 1.82) is 0 Å². The molecule has 1 fully saturated rings. The quantitative estimate of drug-likeness (QED) is 0.539. The van der Waals surface area contributed by atoms with E-state index in [1.165, 1.54) is 0 Å². The molecule has 0 spiro atoms. The number of aryl methyl sites for hydroxylation is 3. The van der Waals surface area contributed by atoms with E-state index in [2.05, 4.69) is 30.8 Å². The molecule has 2 aromatic heterocycles. The summed E-state index contributed by atoms with van der Waals surface area (Å²) in [6, 6.07) is 5.22. The van der Waals surface area contributed by atoms with Crippen LogP contribution in [0.25, 0.3) is 0 Å². The van der Waals surface area contributed by atoms with Gasteiger partial charge in [-0.3, -0.25) is 5.10 Å². The van der Waals surface area contributed by atoms with Crippen LogP contribution in [0, 0.1) is 31.5 Å². The van der Waals surface area contributed by atoms with E-state index < -0.39 is 0 Å². The third kappa shape index (κ3) is 4.29. The van der Waals surface area contributed by atoms with Gasteiger partial charge in [0.2, 0.25) is 5.95 Å². The lowest BCUT2D eigenvalue weighted by atomic mass is 9.87. The molecular weight excluding hydrogens is 385 g/mol. The fraction of sp³-hybridized carbons (Fsp3) is 0.381. The van der Waals surface area contributed by atoms with Crippen molar-refractivity contribution in [2.75, 3.05) is 23.7 Å². The van der Waals surface area contributed by atoms with Crippen molar-refractivity contribution in [2.24, 2.45) is 0 Å². The standard InChI is InChI=1S/C21H25FN7O/c1-12-8-18(17(22)10-16(12)15-4-6-29(30)7-5-15)24-21-23-11-13(2)20(26-21)25-19-9-14(3)27-28-19/h8-11,15H,4-7H2,1-3H3,(H3,23,24,25,26,27,28)/q+1. The summed E-state index contributed by atoms with van der Waals surface area (Å²) in [7, 11) is 0. The van der Waals surface area contributed by atoms with Crippen LogP contribution in [-0.4, -0.2) is 38.0 Å². The lowest BCUT2D eigenvalue weighted by molar-refractivity contribution is -0.559. The third-order valence-corrected chi connectivity index (χ3v) is 5.42. The van der Waals surface area contributed by atoms with Gasteiger partial charge in [-0.2, -0.15) is 10.1 Å². The first-order chi connectivity index (χ1) is 14.4. The molecule has 0 saturated carbocycles. The fourth-order valence-electron chi connectivity index (χ4n) is 3.75. The molecule has 0 bridgehead atoms. The molecule has 0 radical (unpaired) electrons. The predicted molar refractivity (Wildman–Crippen MR) is 113 cm³/mol. The van der Waals surface area contributed by atoms with Crippen LogP contribution in [0.15, 0.2) is 24.4 Å². The van der Waals surface area contributed by atoms with Crippen molar-refractivity contribution < 1.29 is 9.15 Å². The van der Waals surface area contributed by atoms with Gasteiger partial charge < -0.3 is 10.6 Å². The molecule has 156 valence electrons. The Bertz CT molecular complexity index is 1080. The van der Waals surface area contributed by atoms with Crippen molar-refractivity contribution in [3.05, 3.63) is 57.5 Å². The molecule has 8 nitrogen and oxygen atoms in total. The lowest BCUT2D eigenvalue weighted by Gasteiger charge is -2.21. The Morgan fingerprint density at radius 2 is 1.87 bits per heavy atom. The van der Waals surface area contributed by atoms with Crippen LogP contribution in [0.5, 0.6) is 0 Å². The van der Waals surface area contributed by atoms with E-state index in [4.69, 9.17) is 0 Å². The van der Waals surface area contributed by atoms with Gasteiger partial charge in [0.05, 0.1) is 5.69 Å². The van der Waals surface area contributed by atoms with Gasteiger partial charge >= 0.3 is 0 Å². The minimum Gasteiger partial charge on any atom is -0.323 e. The first-order valence-electron chi connectivity index (χ1n) is 10.0. The van der Waals surface area contributed by atoms with Crippen molar-refractivity contribution in [3.63, 3.8) is 0 Å². The van der Waals surface area contributed by atoms with Crippen LogP contribution >= 0.6 is 0 Å². The summed E-state index contributed by atoms with van der Waals surface area (Å²) in [5.41, 5.74) is 4.05. The van der Waals surface area contributed by atoms with E-state index in [0.717, 1.165) is 40.0 Å².